The van der Waals surface area contributed by atoms with Crippen LogP contribution in [0.15, 0.2) is 30.5 Å². The molecule has 1 aliphatic heterocycles. The summed E-state index contributed by atoms with van der Waals surface area (Å²) in [5.74, 6) is -0.759. The summed E-state index contributed by atoms with van der Waals surface area (Å²) < 4.78 is 1.67. The maximum atomic E-state index is 11.3. The molecule has 116 valence electrons. The standard InChI is InChI=1S/C15H17ClN4O2/c16-11-4-6-13(7-5-11)20-10-12(17-18-20)9-19-8-2-1-3-14(19)15(21)22/h4-7,10,14H,1-3,8-9H2,(H,21,22). The fourth-order valence-electron chi connectivity index (χ4n) is 2.76. The van der Waals surface area contributed by atoms with Crippen molar-refractivity contribution in [3.05, 3.63) is 41.2 Å². The molecule has 1 aromatic carbocycles. The molecule has 0 spiro atoms. The number of piperidine rings is 1. The minimum absolute atomic E-state index is 0.422. The van der Waals surface area contributed by atoms with E-state index in [-0.39, 0.29) is 0 Å². The Kier molecular flexibility index (Phi) is 4.40. The molecule has 1 aliphatic rings. The highest BCUT2D eigenvalue weighted by atomic mass is 35.5. The van der Waals surface area contributed by atoms with Gasteiger partial charge in [0.05, 0.1) is 17.6 Å². The van der Waals surface area contributed by atoms with Crippen molar-refractivity contribution < 1.29 is 9.90 Å². The molecule has 7 heteroatoms. The van der Waals surface area contributed by atoms with E-state index < -0.39 is 12.0 Å². The second kappa shape index (κ2) is 6.46. The molecular weight excluding hydrogens is 304 g/mol. The molecule has 3 rings (SSSR count). The van der Waals surface area contributed by atoms with Crippen LogP contribution in [0.25, 0.3) is 5.69 Å². The first-order valence-electron chi connectivity index (χ1n) is 7.27. The third-order valence-corrected chi connectivity index (χ3v) is 4.15. The molecule has 1 saturated heterocycles. The number of carbonyl (C=O) groups is 1. The Balaban J connectivity index is 1.73. The highest BCUT2D eigenvalue weighted by molar-refractivity contribution is 6.30. The highest BCUT2D eigenvalue weighted by Crippen LogP contribution is 2.19. The maximum absolute atomic E-state index is 11.3. The molecule has 1 unspecified atom stereocenters. The predicted octanol–water partition coefficient (Wildman–Crippen LogP) is 2.36. The van der Waals surface area contributed by atoms with Gasteiger partial charge in [-0.25, -0.2) is 4.68 Å². The zero-order valence-electron chi connectivity index (χ0n) is 12.0. The van der Waals surface area contributed by atoms with E-state index in [1.807, 2.05) is 23.2 Å². The second-order valence-electron chi connectivity index (χ2n) is 5.45. The van der Waals surface area contributed by atoms with E-state index in [9.17, 15) is 9.90 Å². The van der Waals surface area contributed by atoms with Crippen LogP contribution < -0.4 is 0 Å². The van der Waals surface area contributed by atoms with Crippen molar-refractivity contribution in [2.45, 2.75) is 31.8 Å². The molecule has 2 heterocycles. The van der Waals surface area contributed by atoms with Crippen molar-refractivity contribution in [3.63, 3.8) is 0 Å². The number of nitrogens with zero attached hydrogens (tertiary/aromatic N) is 4. The lowest BCUT2D eigenvalue weighted by atomic mass is 10.0. The molecule has 6 nitrogen and oxygen atoms in total. The van der Waals surface area contributed by atoms with Gasteiger partial charge in [-0.2, -0.15) is 0 Å². The molecule has 22 heavy (non-hydrogen) atoms. The van der Waals surface area contributed by atoms with Crippen LogP contribution in [0.2, 0.25) is 5.02 Å². The Hall–Kier alpha value is -1.92. The number of hydrogen-bond donors (Lipinski definition) is 1. The molecule has 1 atom stereocenters. The third-order valence-electron chi connectivity index (χ3n) is 3.90. The van der Waals surface area contributed by atoms with Gasteiger partial charge in [-0.1, -0.05) is 23.2 Å². The Labute approximate surface area is 133 Å². The summed E-state index contributed by atoms with van der Waals surface area (Å²) in [7, 11) is 0. The number of aliphatic carboxylic acids is 1. The topological polar surface area (TPSA) is 71.2 Å². The monoisotopic (exact) mass is 320 g/mol. The summed E-state index contributed by atoms with van der Waals surface area (Å²) in [4.78, 5) is 13.3. The lowest BCUT2D eigenvalue weighted by molar-refractivity contribution is -0.144. The molecule has 1 aromatic heterocycles. The number of likely N-dealkylation sites (tertiary alicyclic amines) is 1. The van der Waals surface area contributed by atoms with E-state index in [2.05, 4.69) is 10.3 Å². The molecule has 1 fully saturated rings. The van der Waals surface area contributed by atoms with Crippen LogP contribution in [0.4, 0.5) is 0 Å². The van der Waals surface area contributed by atoms with Gasteiger partial charge in [0.15, 0.2) is 0 Å². The number of aromatic nitrogens is 3. The number of halogens is 1. The fourth-order valence-corrected chi connectivity index (χ4v) is 2.88. The Morgan fingerprint density at radius 1 is 1.32 bits per heavy atom. The van der Waals surface area contributed by atoms with Gasteiger partial charge in [0.1, 0.15) is 6.04 Å². The van der Waals surface area contributed by atoms with Crippen LogP contribution in [0.1, 0.15) is 25.0 Å². The van der Waals surface area contributed by atoms with Gasteiger partial charge in [-0.05, 0) is 43.7 Å². The number of hydrogen-bond acceptors (Lipinski definition) is 4. The molecule has 0 saturated carbocycles. The summed E-state index contributed by atoms with van der Waals surface area (Å²) in [5.41, 5.74) is 1.64. The molecule has 0 radical (unpaired) electrons. The smallest absolute Gasteiger partial charge is 0.320 e. The van der Waals surface area contributed by atoms with Crippen molar-refractivity contribution in [2.24, 2.45) is 0 Å². The van der Waals surface area contributed by atoms with Gasteiger partial charge in [0, 0.05) is 11.6 Å². The lowest BCUT2D eigenvalue weighted by Crippen LogP contribution is -2.44. The first kappa shape index (κ1) is 15.0. The van der Waals surface area contributed by atoms with Crippen LogP contribution in [0, 0.1) is 0 Å². The van der Waals surface area contributed by atoms with Crippen molar-refractivity contribution in [1.82, 2.24) is 19.9 Å². The Morgan fingerprint density at radius 3 is 2.82 bits per heavy atom. The molecule has 1 N–H and O–H groups in total. The van der Waals surface area contributed by atoms with Crippen LogP contribution in [0.3, 0.4) is 0 Å². The maximum Gasteiger partial charge on any atom is 0.320 e. The summed E-state index contributed by atoms with van der Waals surface area (Å²) in [6.45, 7) is 1.29. The molecule has 0 amide bonds. The number of benzene rings is 1. The van der Waals surface area contributed by atoms with Gasteiger partial charge >= 0.3 is 5.97 Å². The summed E-state index contributed by atoms with van der Waals surface area (Å²) in [6, 6.07) is 6.89. The minimum Gasteiger partial charge on any atom is -0.480 e. The van der Waals surface area contributed by atoms with Gasteiger partial charge in [-0.15, -0.1) is 5.10 Å². The van der Waals surface area contributed by atoms with Crippen molar-refractivity contribution in [3.8, 4) is 5.69 Å². The number of rotatable bonds is 4. The quantitative estimate of drug-likeness (QED) is 0.936. The summed E-state index contributed by atoms with van der Waals surface area (Å²) >= 11 is 5.87. The first-order chi connectivity index (χ1) is 10.6. The van der Waals surface area contributed by atoms with E-state index in [0.29, 0.717) is 18.0 Å². The van der Waals surface area contributed by atoms with Crippen LogP contribution in [0.5, 0.6) is 0 Å². The van der Waals surface area contributed by atoms with Gasteiger partial charge < -0.3 is 5.11 Å². The van der Waals surface area contributed by atoms with Crippen molar-refractivity contribution in [2.75, 3.05) is 6.54 Å². The highest BCUT2D eigenvalue weighted by Gasteiger charge is 2.28. The molecular formula is C15H17ClN4O2. The average molecular weight is 321 g/mol. The zero-order valence-corrected chi connectivity index (χ0v) is 12.8. The molecule has 2 aromatic rings. The average Bonchev–Trinajstić information content (AvgIpc) is 2.97. The lowest BCUT2D eigenvalue weighted by Gasteiger charge is -2.31. The summed E-state index contributed by atoms with van der Waals surface area (Å²) in [6.07, 6.45) is 4.51. The SMILES string of the molecule is O=C(O)C1CCCCN1Cc1cn(-c2ccc(Cl)cc2)nn1. The second-order valence-corrected chi connectivity index (χ2v) is 5.89. The molecule has 0 bridgehead atoms. The summed E-state index contributed by atoms with van der Waals surface area (Å²) in [5, 5.41) is 18.2. The fraction of sp³-hybridized carbons (Fsp3) is 0.400. The van der Waals surface area contributed by atoms with Crippen LogP contribution >= 0.6 is 11.6 Å². The van der Waals surface area contributed by atoms with Gasteiger partial charge in [0.2, 0.25) is 0 Å². The zero-order chi connectivity index (χ0) is 15.5. The Morgan fingerprint density at radius 2 is 2.09 bits per heavy atom. The largest absolute Gasteiger partial charge is 0.480 e. The first-order valence-corrected chi connectivity index (χ1v) is 7.65. The predicted molar refractivity (Wildman–Crippen MR) is 82.1 cm³/mol. The Bertz CT molecular complexity index is 656. The van der Waals surface area contributed by atoms with E-state index in [0.717, 1.165) is 30.8 Å². The van der Waals surface area contributed by atoms with Crippen LogP contribution in [-0.2, 0) is 11.3 Å². The third kappa shape index (κ3) is 3.28. The van der Waals surface area contributed by atoms with Crippen LogP contribution in [-0.4, -0.2) is 43.6 Å². The number of carboxylic acid groups (broad SMARTS) is 1. The van der Waals surface area contributed by atoms with E-state index in [1.165, 1.54) is 0 Å². The van der Waals surface area contributed by atoms with Gasteiger partial charge in [0.25, 0.3) is 0 Å². The number of carboxylic acids is 1. The van der Waals surface area contributed by atoms with Crippen molar-refractivity contribution >= 4 is 17.6 Å². The van der Waals surface area contributed by atoms with E-state index in [1.54, 1.807) is 16.8 Å². The van der Waals surface area contributed by atoms with Gasteiger partial charge in [-0.3, -0.25) is 9.69 Å². The normalized spacial score (nSPS) is 19.2. The minimum atomic E-state index is -0.759. The molecule has 0 aliphatic carbocycles. The van der Waals surface area contributed by atoms with E-state index >= 15 is 0 Å². The van der Waals surface area contributed by atoms with Crippen molar-refractivity contribution in [1.29, 1.82) is 0 Å². The van der Waals surface area contributed by atoms with E-state index in [4.69, 9.17) is 11.6 Å².